The van der Waals surface area contributed by atoms with Crippen LogP contribution in [-0.2, 0) is 4.74 Å². The van der Waals surface area contributed by atoms with Crippen LogP contribution in [0, 0.1) is 11.3 Å². The molecule has 2 heterocycles. The minimum Gasteiger partial charge on any atom is -0.467 e. The fraction of sp³-hybridized carbons (Fsp3) is 0.778. The molecule has 4 heteroatoms. The summed E-state index contributed by atoms with van der Waals surface area (Å²) in [5.74, 6) is 1.35. The number of furan rings is 1. The van der Waals surface area contributed by atoms with Crippen LogP contribution in [0.4, 0.5) is 0 Å². The number of ether oxygens (including phenoxy) is 1. The van der Waals surface area contributed by atoms with Crippen molar-refractivity contribution in [3.05, 3.63) is 24.2 Å². The van der Waals surface area contributed by atoms with E-state index in [1.54, 1.807) is 6.26 Å². The van der Waals surface area contributed by atoms with Crippen molar-refractivity contribution >= 4 is 0 Å². The molecule has 2 saturated carbocycles. The molecule has 1 aromatic rings. The SMILES string of the molecule is C[C@H](C[C@H](O)c1ccco1)N[C@@H]1[C@H]2CCO[C@H]2C12CCCC2. The predicted molar refractivity (Wildman–Crippen MR) is 83.4 cm³/mol. The van der Waals surface area contributed by atoms with Gasteiger partial charge in [-0.2, -0.15) is 0 Å². The van der Waals surface area contributed by atoms with E-state index in [9.17, 15) is 5.11 Å². The quantitative estimate of drug-likeness (QED) is 0.878. The molecular formula is C18H27NO3. The van der Waals surface area contributed by atoms with E-state index in [2.05, 4.69) is 12.2 Å². The van der Waals surface area contributed by atoms with Crippen molar-refractivity contribution in [2.24, 2.45) is 11.3 Å². The van der Waals surface area contributed by atoms with Gasteiger partial charge in [-0.3, -0.25) is 0 Å². The molecule has 1 aliphatic heterocycles. The maximum Gasteiger partial charge on any atom is 0.132 e. The van der Waals surface area contributed by atoms with E-state index in [1.165, 1.54) is 32.1 Å². The molecule has 1 saturated heterocycles. The third kappa shape index (κ3) is 2.24. The van der Waals surface area contributed by atoms with Gasteiger partial charge in [0.25, 0.3) is 0 Å². The van der Waals surface area contributed by atoms with Crippen molar-refractivity contribution in [2.45, 2.75) is 69.7 Å². The minimum absolute atomic E-state index is 0.282. The fourth-order valence-corrected chi connectivity index (χ4v) is 5.25. The van der Waals surface area contributed by atoms with Crippen LogP contribution in [0.2, 0.25) is 0 Å². The smallest absolute Gasteiger partial charge is 0.132 e. The number of rotatable bonds is 5. The second kappa shape index (κ2) is 5.66. The molecule has 0 radical (unpaired) electrons. The van der Waals surface area contributed by atoms with Crippen molar-refractivity contribution in [3.63, 3.8) is 0 Å². The third-order valence-corrected chi connectivity index (χ3v) is 6.20. The average molecular weight is 305 g/mol. The molecule has 5 atom stereocenters. The van der Waals surface area contributed by atoms with Crippen LogP contribution in [0.1, 0.15) is 57.3 Å². The average Bonchev–Trinajstić information content (AvgIpc) is 3.23. The molecule has 1 spiro atoms. The number of fused-ring (bicyclic) bond motifs is 2. The van der Waals surface area contributed by atoms with Crippen LogP contribution in [0.3, 0.4) is 0 Å². The number of aliphatic hydroxyl groups excluding tert-OH is 1. The van der Waals surface area contributed by atoms with Crippen LogP contribution in [0.25, 0.3) is 0 Å². The first-order valence-corrected chi connectivity index (χ1v) is 8.80. The van der Waals surface area contributed by atoms with Crippen LogP contribution in [0.15, 0.2) is 22.8 Å². The van der Waals surface area contributed by atoms with Crippen molar-refractivity contribution in [2.75, 3.05) is 6.61 Å². The van der Waals surface area contributed by atoms with Gasteiger partial charge < -0.3 is 19.6 Å². The highest BCUT2D eigenvalue weighted by Crippen LogP contribution is 2.60. The van der Waals surface area contributed by atoms with E-state index >= 15 is 0 Å². The monoisotopic (exact) mass is 305 g/mol. The van der Waals surface area contributed by atoms with Crippen LogP contribution in [0.5, 0.6) is 0 Å². The first-order valence-electron chi connectivity index (χ1n) is 8.80. The summed E-state index contributed by atoms with van der Waals surface area (Å²) in [5.41, 5.74) is 0.380. The molecule has 4 rings (SSSR count). The second-order valence-electron chi connectivity index (χ2n) is 7.50. The lowest BCUT2D eigenvalue weighted by molar-refractivity contribution is -0.133. The zero-order valence-corrected chi connectivity index (χ0v) is 13.3. The van der Waals surface area contributed by atoms with Crippen molar-refractivity contribution in [1.82, 2.24) is 5.32 Å². The molecule has 122 valence electrons. The molecule has 2 aliphatic carbocycles. The van der Waals surface area contributed by atoms with Gasteiger partial charge in [-0.05, 0) is 44.7 Å². The minimum atomic E-state index is -0.521. The highest BCUT2D eigenvalue weighted by Gasteiger charge is 2.64. The summed E-state index contributed by atoms with van der Waals surface area (Å²) in [7, 11) is 0. The Morgan fingerprint density at radius 2 is 2.23 bits per heavy atom. The molecule has 0 aromatic carbocycles. The number of hydrogen-bond acceptors (Lipinski definition) is 4. The molecule has 2 N–H and O–H groups in total. The van der Waals surface area contributed by atoms with E-state index in [0.29, 0.717) is 35.7 Å². The lowest BCUT2D eigenvalue weighted by Gasteiger charge is -2.58. The third-order valence-electron chi connectivity index (χ3n) is 6.20. The summed E-state index contributed by atoms with van der Waals surface area (Å²) >= 11 is 0. The Kier molecular flexibility index (Phi) is 3.79. The summed E-state index contributed by atoms with van der Waals surface area (Å²) in [5, 5.41) is 14.1. The van der Waals surface area contributed by atoms with E-state index in [-0.39, 0.29) is 6.04 Å². The molecule has 3 fully saturated rings. The number of aliphatic hydroxyl groups is 1. The van der Waals surface area contributed by atoms with Crippen LogP contribution >= 0.6 is 0 Å². The van der Waals surface area contributed by atoms with E-state index in [1.807, 2.05) is 12.1 Å². The van der Waals surface area contributed by atoms with E-state index in [4.69, 9.17) is 9.15 Å². The first kappa shape index (κ1) is 14.7. The molecule has 4 nitrogen and oxygen atoms in total. The van der Waals surface area contributed by atoms with Crippen LogP contribution < -0.4 is 5.32 Å². The van der Waals surface area contributed by atoms with Gasteiger partial charge in [0.2, 0.25) is 0 Å². The molecule has 0 unspecified atom stereocenters. The zero-order chi connectivity index (χ0) is 15.2. The molecular weight excluding hydrogens is 278 g/mol. The molecule has 1 aromatic heterocycles. The Hall–Kier alpha value is -0.840. The zero-order valence-electron chi connectivity index (χ0n) is 13.3. The highest BCUT2D eigenvalue weighted by atomic mass is 16.5. The molecule has 0 bridgehead atoms. The van der Waals surface area contributed by atoms with Crippen LogP contribution in [-0.4, -0.2) is 29.9 Å². The van der Waals surface area contributed by atoms with Crippen molar-refractivity contribution in [3.8, 4) is 0 Å². The maximum atomic E-state index is 10.3. The Labute approximate surface area is 132 Å². The van der Waals surface area contributed by atoms with Gasteiger partial charge in [0.1, 0.15) is 11.9 Å². The van der Waals surface area contributed by atoms with Crippen molar-refractivity contribution < 1.29 is 14.3 Å². The lowest BCUT2D eigenvalue weighted by Crippen LogP contribution is -2.68. The predicted octanol–water partition coefficient (Wildman–Crippen LogP) is 3.03. The largest absolute Gasteiger partial charge is 0.467 e. The second-order valence-corrected chi connectivity index (χ2v) is 7.50. The molecule has 3 aliphatic rings. The summed E-state index contributed by atoms with van der Waals surface area (Å²) in [4.78, 5) is 0. The van der Waals surface area contributed by atoms with Crippen molar-refractivity contribution in [1.29, 1.82) is 0 Å². The standard InChI is InChI=1S/C18H27NO3/c1-12(11-14(20)15-5-4-9-21-15)19-16-13-6-10-22-17(13)18(16)7-2-3-8-18/h4-5,9,12-14,16-17,19-20H,2-3,6-8,10-11H2,1H3/t12-,13-,14+,16-,17-/m1/s1. The van der Waals surface area contributed by atoms with Gasteiger partial charge >= 0.3 is 0 Å². The molecule has 22 heavy (non-hydrogen) atoms. The lowest BCUT2D eigenvalue weighted by atomic mass is 9.54. The van der Waals surface area contributed by atoms with Gasteiger partial charge in [-0.15, -0.1) is 0 Å². The first-order chi connectivity index (χ1) is 10.7. The van der Waals surface area contributed by atoms with Gasteiger partial charge in [-0.25, -0.2) is 0 Å². The van der Waals surface area contributed by atoms with Gasteiger partial charge in [0.05, 0.1) is 12.4 Å². The van der Waals surface area contributed by atoms with Gasteiger partial charge in [0, 0.05) is 30.0 Å². The Balaban J connectivity index is 1.39. The highest BCUT2D eigenvalue weighted by molar-refractivity contribution is 5.17. The normalized spacial score (nSPS) is 35.3. The number of hydrogen-bond donors (Lipinski definition) is 2. The van der Waals surface area contributed by atoms with E-state index in [0.717, 1.165) is 6.61 Å². The van der Waals surface area contributed by atoms with Gasteiger partial charge in [0.15, 0.2) is 0 Å². The Morgan fingerprint density at radius 3 is 2.95 bits per heavy atom. The topological polar surface area (TPSA) is 54.6 Å². The molecule has 0 amide bonds. The summed E-state index contributed by atoms with van der Waals surface area (Å²) < 4.78 is 11.3. The van der Waals surface area contributed by atoms with Gasteiger partial charge in [-0.1, -0.05) is 12.8 Å². The summed E-state index contributed by atoms with van der Waals surface area (Å²) in [6.45, 7) is 3.11. The maximum absolute atomic E-state index is 10.3. The number of nitrogens with one attached hydrogen (secondary N) is 1. The Morgan fingerprint density at radius 1 is 1.41 bits per heavy atom. The summed E-state index contributed by atoms with van der Waals surface area (Å²) in [6, 6.07) is 4.53. The summed E-state index contributed by atoms with van der Waals surface area (Å²) in [6.07, 6.45) is 8.77. The van der Waals surface area contributed by atoms with E-state index < -0.39 is 6.10 Å². The fourth-order valence-electron chi connectivity index (χ4n) is 5.25. The Bertz CT molecular complexity index is 494.